The average molecular weight is 288 g/mol. The molecule has 0 spiro atoms. The van der Waals surface area contributed by atoms with Crippen LogP contribution in [0.2, 0.25) is 10.0 Å². The zero-order valence-electron chi connectivity index (χ0n) is 10.1. The Hall–Kier alpha value is -1.13. The molecule has 1 amide bonds. The quantitative estimate of drug-likeness (QED) is 0.806. The number of nitrogens with two attached hydrogens (primary N) is 1. The van der Waals surface area contributed by atoms with Crippen molar-refractivity contribution in [2.24, 2.45) is 0 Å². The first kappa shape index (κ1) is 13.3. The molecule has 0 saturated carbocycles. The first-order valence-corrected chi connectivity index (χ1v) is 6.48. The lowest BCUT2D eigenvalue weighted by Gasteiger charge is -2.24. The number of anilines is 2. The number of halogens is 2. The van der Waals surface area contributed by atoms with Crippen LogP contribution < -0.4 is 10.6 Å². The van der Waals surface area contributed by atoms with Gasteiger partial charge in [0.1, 0.15) is 0 Å². The Kier molecular flexibility index (Phi) is 3.88. The van der Waals surface area contributed by atoms with Gasteiger partial charge in [-0.1, -0.05) is 23.2 Å². The summed E-state index contributed by atoms with van der Waals surface area (Å²) in [6, 6.07) is 3.34. The van der Waals surface area contributed by atoms with Gasteiger partial charge in [0.15, 0.2) is 0 Å². The number of hydrogen-bond acceptors (Lipinski definition) is 3. The first-order chi connectivity index (χ1) is 8.49. The van der Waals surface area contributed by atoms with Gasteiger partial charge in [-0.15, -0.1) is 0 Å². The topological polar surface area (TPSA) is 49.6 Å². The molecule has 2 N–H and O–H groups in total. The zero-order valence-corrected chi connectivity index (χ0v) is 11.6. The molecule has 0 radical (unpaired) electrons. The van der Waals surface area contributed by atoms with Crippen molar-refractivity contribution in [3.05, 3.63) is 22.2 Å². The molecule has 0 unspecified atom stereocenters. The number of nitrogen functional groups attached to an aromatic ring is 1. The van der Waals surface area contributed by atoms with Crippen molar-refractivity contribution in [3.63, 3.8) is 0 Å². The van der Waals surface area contributed by atoms with Crippen molar-refractivity contribution < 1.29 is 4.79 Å². The Morgan fingerprint density at radius 3 is 2.61 bits per heavy atom. The van der Waals surface area contributed by atoms with Crippen molar-refractivity contribution in [2.45, 2.75) is 6.42 Å². The number of carbonyl (C=O) groups is 1. The second kappa shape index (κ2) is 5.24. The Balaban J connectivity index is 2.30. The van der Waals surface area contributed by atoms with E-state index >= 15 is 0 Å². The molecule has 0 bridgehead atoms. The van der Waals surface area contributed by atoms with E-state index in [1.54, 1.807) is 17.0 Å². The maximum absolute atomic E-state index is 11.8. The summed E-state index contributed by atoms with van der Waals surface area (Å²) in [5.41, 5.74) is 7.26. The summed E-state index contributed by atoms with van der Waals surface area (Å²) in [7, 11) is 1.81. The summed E-state index contributed by atoms with van der Waals surface area (Å²) < 4.78 is 0. The third-order valence-electron chi connectivity index (χ3n) is 3.08. The molecular weight excluding hydrogens is 273 g/mol. The minimum atomic E-state index is 0.0815. The molecule has 1 aliphatic rings. The number of amides is 1. The van der Waals surface area contributed by atoms with Crippen LogP contribution >= 0.6 is 23.2 Å². The lowest BCUT2D eigenvalue weighted by Crippen LogP contribution is -2.34. The van der Waals surface area contributed by atoms with Gasteiger partial charge in [0, 0.05) is 20.1 Å². The fraction of sp³-hybridized carbons (Fsp3) is 0.417. The molecule has 18 heavy (non-hydrogen) atoms. The minimum Gasteiger partial charge on any atom is -0.397 e. The Morgan fingerprint density at radius 1 is 1.22 bits per heavy atom. The highest BCUT2D eigenvalue weighted by Gasteiger charge is 2.21. The van der Waals surface area contributed by atoms with Crippen LogP contribution in [0.3, 0.4) is 0 Å². The molecule has 2 rings (SSSR count). The van der Waals surface area contributed by atoms with E-state index in [2.05, 4.69) is 0 Å². The summed E-state index contributed by atoms with van der Waals surface area (Å²) in [4.78, 5) is 15.5. The van der Waals surface area contributed by atoms with Crippen LogP contribution in [0.15, 0.2) is 12.1 Å². The molecule has 1 aliphatic heterocycles. The third kappa shape index (κ3) is 2.65. The molecule has 6 heteroatoms. The Bertz CT molecular complexity index is 479. The summed E-state index contributed by atoms with van der Waals surface area (Å²) >= 11 is 11.9. The van der Waals surface area contributed by atoms with Crippen molar-refractivity contribution in [3.8, 4) is 0 Å². The van der Waals surface area contributed by atoms with E-state index in [4.69, 9.17) is 28.9 Å². The largest absolute Gasteiger partial charge is 0.397 e. The van der Waals surface area contributed by atoms with E-state index in [9.17, 15) is 4.79 Å². The van der Waals surface area contributed by atoms with E-state index in [0.29, 0.717) is 22.3 Å². The van der Waals surface area contributed by atoms with Gasteiger partial charge in [0.2, 0.25) is 5.91 Å². The van der Waals surface area contributed by atoms with Crippen LogP contribution in [0, 0.1) is 0 Å². The van der Waals surface area contributed by atoms with E-state index < -0.39 is 0 Å². The third-order valence-corrected chi connectivity index (χ3v) is 3.81. The number of hydrogen-bond donors (Lipinski definition) is 1. The van der Waals surface area contributed by atoms with Crippen molar-refractivity contribution in [1.29, 1.82) is 0 Å². The maximum Gasteiger partial charge on any atom is 0.241 e. The molecule has 1 aromatic rings. The highest BCUT2D eigenvalue weighted by atomic mass is 35.5. The van der Waals surface area contributed by atoms with E-state index in [0.717, 1.165) is 25.2 Å². The molecule has 1 heterocycles. The standard InChI is InChI=1S/C12H15Cl2N3O/c1-16-3-2-4-17(7-12(16)18)11-6-9(14)8(13)5-10(11)15/h5-6H,2-4,7,15H2,1H3. The SMILES string of the molecule is CN1CCCN(c2cc(Cl)c(Cl)cc2N)CC1=O. The van der Waals surface area contributed by atoms with Crippen LogP contribution in [-0.4, -0.2) is 37.5 Å². The summed E-state index contributed by atoms with van der Waals surface area (Å²) in [6.45, 7) is 1.85. The summed E-state index contributed by atoms with van der Waals surface area (Å²) in [5, 5.41) is 0.877. The Morgan fingerprint density at radius 2 is 1.89 bits per heavy atom. The second-order valence-corrected chi connectivity index (χ2v) is 5.23. The van der Waals surface area contributed by atoms with Crippen LogP contribution in [0.1, 0.15) is 6.42 Å². The number of nitrogens with zero attached hydrogens (tertiary/aromatic N) is 2. The Labute approximate surface area is 116 Å². The molecule has 0 aliphatic carbocycles. The highest BCUT2D eigenvalue weighted by molar-refractivity contribution is 6.42. The van der Waals surface area contributed by atoms with Gasteiger partial charge >= 0.3 is 0 Å². The molecule has 0 aromatic heterocycles. The van der Waals surface area contributed by atoms with Gasteiger partial charge in [-0.2, -0.15) is 0 Å². The van der Waals surface area contributed by atoms with Gasteiger partial charge in [-0.05, 0) is 18.6 Å². The van der Waals surface area contributed by atoms with Gasteiger partial charge in [0.25, 0.3) is 0 Å². The molecule has 4 nitrogen and oxygen atoms in total. The number of rotatable bonds is 1. The van der Waals surface area contributed by atoms with Gasteiger partial charge in [-0.25, -0.2) is 0 Å². The predicted molar refractivity (Wildman–Crippen MR) is 75.3 cm³/mol. The number of likely N-dealkylation sites (N-methyl/N-ethyl adjacent to an activating group) is 1. The molecule has 1 saturated heterocycles. The molecule has 0 atom stereocenters. The fourth-order valence-corrected chi connectivity index (χ4v) is 2.35. The lowest BCUT2D eigenvalue weighted by molar-refractivity contribution is -0.127. The van der Waals surface area contributed by atoms with Crippen molar-refractivity contribution in [2.75, 3.05) is 37.3 Å². The van der Waals surface area contributed by atoms with Crippen molar-refractivity contribution in [1.82, 2.24) is 4.90 Å². The van der Waals surface area contributed by atoms with Gasteiger partial charge in [0.05, 0.1) is 28.0 Å². The first-order valence-electron chi connectivity index (χ1n) is 5.72. The lowest BCUT2D eigenvalue weighted by atomic mass is 10.2. The zero-order chi connectivity index (χ0) is 13.3. The summed E-state index contributed by atoms with van der Waals surface area (Å²) in [6.07, 6.45) is 0.905. The van der Waals surface area contributed by atoms with Crippen LogP contribution in [0.25, 0.3) is 0 Å². The minimum absolute atomic E-state index is 0.0815. The average Bonchev–Trinajstić information content (AvgIpc) is 2.47. The normalized spacial score (nSPS) is 16.9. The van der Waals surface area contributed by atoms with Gasteiger partial charge < -0.3 is 15.5 Å². The second-order valence-electron chi connectivity index (χ2n) is 4.42. The monoisotopic (exact) mass is 287 g/mol. The maximum atomic E-state index is 11.8. The van der Waals surface area contributed by atoms with E-state index in [1.165, 1.54) is 0 Å². The predicted octanol–water partition coefficient (Wildman–Crippen LogP) is 2.24. The van der Waals surface area contributed by atoms with E-state index in [-0.39, 0.29) is 5.91 Å². The smallest absolute Gasteiger partial charge is 0.241 e. The highest BCUT2D eigenvalue weighted by Crippen LogP contribution is 2.33. The van der Waals surface area contributed by atoms with Crippen LogP contribution in [0.5, 0.6) is 0 Å². The van der Waals surface area contributed by atoms with E-state index in [1.807, 2.05) is 11.9 Å². The summed E-state index contributed by atoms with van der Waals surface area (Å²) in [5.74, 6) is 0.0815. The fourth-order valence-electron chi connectivity index (χ4n) is 2.02. The van der Waals surface area contributed by atoms with Crippen molar-refractivity contribution >= 4 is 40.5 Å². The van der Waals surface area contributed by atoms with Crippen LogP contribution in [-0.2, 0) is 4.79 Å². The molecule has 98 valence electrons. The van der Waals surface area contributed by atoms with Gasteiger partial charge in [-0.3, -0.25) is 4.79 Å². The molecule has 1 fully saturated rings. The molecular formula is C12H15Cl2N3O. The number of benzene rings is 1. The molecule has 1 aromatic carbocycles. The number of carbonyl (C=O) groups excluding carboxylic acids is 1. The van der Waals surface area contributed by atoms with Crippen LogP contribution in [0.4, 0.5) is 11.4 Å².